The van der Waals surface area contributed by atoms with Crippen LogP contribution in [0.1, 0.15) is 36.3 Å². The summed E-state index contributed by atoms with van der Waals surface area (Å²) in [5.74, 6) is 1.02. The van der Waals surface area contributed by atoms with Crippen molar-refractivity contribution >= 4 is 38.3 Å². The number of nitrogens with zero attached hydrogens (tertiary/aromatic N) is 5. The van der Waals surface area contributed by atoms with Crippen molar-refractivity contribution < 1.29 is 22.7 Å². The number of aromatic nitrogens is 4. The van der Waals surface area contributed by atoms with Crippen LogP contribution in [-0.2, 0) is 14.8 Å². The molecule has 1 saturated heterocycles. The number of hydrogen-bond acceptors (Lipinski definition) is 10. The smallest absolute Gasteiger partial charge is 0.289 e. The lowest BCUT2D eigenvalue weighted by molar-refractivity contribution is 0.0881. The van der Waals surface area contributed by atoms with Crippen molar-refractivity contribution in [1.82, 2.24) is 25.3 Å². The molecule has 1 saturated carbocycles. The average molecular weight is 528 g/mol. The molecule has 0 atom stereocenters. The van der Waals surface area contributed by atoms with Crippen molar-refractivity contribution in [2.45, 2.75) is 37.8 Å². The predicted octanol–water partition coefficient (Wildman–Crippen LogP) is 1.75. The molecule has 2 aliphatic rings. The van der Waals surface area contributed by atoms with Gasteiger partial charge >= 0.3 is 0 Å². The summed E-state index contributed by atoms with van der Waals surface area (Å²) in [5, 5.41) is 3.63. The van der Waals surface area contributed by atoms with Crippen molar-refractivity contribution in [3.8, 4) is 5.88 Å². The minimum absolute atomic E-state index is 0.00720. The van der Waals surface area contributed by atoms with Gasteiger partial charge in [-0.25, -0.2) is 18.4 Å². The summed E-state index contributed by atoms with van der Waals surface area (Å²) in [5.41, 5.74) is 1.00. The molecule has 37 heavy (non-hydrogen) atoms. The SMILES string of the molecule is CS(=O)(=O)Nc1cnc2cc(N3CCOCC3)nc(O[C@H]3CC[C@@H](NC(=O)c4ncccn4)CC3)c2c1. The number of ether oxygens (including phenoxy) is 2. The van der Waals surface area contributed by atoms with Gasteiger partial charge in [0.15, 0.2) is 0 Å². The number of pyridine rings is 2. The van der Waals surface area contributed by atoms with Crippen LogP contribution in [-0.4, -0.2) is 79.0 Å². The molecule has 1 aliphatic carbocycles. The molecule has 3 aromatic rings. The molecular formula is C24H29N7O5S. The molecule has 12 nitrogen and oxygen atoms in total. The molecule has 0 spiro atoms. The summed E-state index contributed by atoms with van der Waals surface area (Å²) in [7, 11) is -3.46. The largest absolute Gasteiger partial charge is 0.474 e. The van der Waals surface area contributed by atoms with Crippen molar-refractivity contribution in [2.24, 2.45) is 0 Å². The zero-order chi connectivity index (χ0) is 25.8. The lowest BCUT2D eigenvalue weighted by Crippen LogP contribution is -2.40. The molecule has 0 aromatic carbocycles. The van der Waals surface area contributed by atoms with Crippen LogP contribution in [0.15, 0.2) is 36.8 Å². The fraction of sp³-hybridized carbons (Fsp3) is 0.458. The number of anilines is 2. The molecule has 3 aromatic heterocycles. The Labute approximate surface area is 214 Å². The number of sulfonamides is 1. The Bertz CT molecular complexity index is 1360. The topological polar surface area (TPSA) is 149 Å². The minimum atomic E-state index is -3.46. The van der Waals surface area contributed by atoms with E-state index in [4.69, 9.17) is 14.5 Å². The van der Waals surface area contributed by atoms with Crippen molar-refractivity contribution in [2.75, 3.05) is 42.2 Å². The molecular weight excluding hydrogens is 498 g/mol. The summed E-state index contributed by atoms with van der Waals surface area (Å²) >= 11 is 0. The molecule has 0 unspecified atom stereocenters. The summed E-state index contributed by atoms with van der Waals surface area (Å²) in [6, 6.07) is 5.25. The van der Waals surface area contributed by atoms with Crippen LogP contribution >= 0.6 is 0 Å². The lowest BCUT2D eigenvalue weighted by Gasteiger charge is -2.31. The van der Waals surface area contributed by atoms with Crippen LogP contribution in [0.5, 0.6) is 5.88 Å². The van der Waals surface area contributed by atoms with Gasteiger partial charge in [0.05, 0.1) is 42.3 Å². The standard InChI is InChI=1S/C24H29N7O5S/c1-37(33,34)30-17-13-19-20(27-15-17)14-21(31-9-11-35-12-10-31)29-24(19)36-18-5-3-16(4-6-18)28-23(32)22-25-7-2-8-26-22/h2,7-8,13-16,18,30H,3-6,9-12H2,1H3,(H,28,32)/t16-,18+. The quantitative estimate of drug-likeness (QED) is 0.465. The lowest BCUT2D eigenvalue weighted by atomic mass is 9.93. The Morgan fingerprint density at radius 3 is 2.51 bits per heavy atom. The van der Waals surface area contributed by atoms with Gasteiger partial charge in [0, 0.05) is 37.6 Å². The van der Waals surface area contributed by atoms with E-state index in [1.807, 2.05) is 6.07 Å². The third kappa shape index (κ3) is 6.41. The van der Waals surface area contributed by atoms with Gasteiger partial charge in [-0.2, -0.15) is 4.98 Å². The maximum atomic E-state index is 12.4. The monoisotopic (exact) mass is 527 g/mol. The van der Waals surface area contributed by atoms with Crippen LogP contribution in [0.4, 0.5) is 11.5 Å². The van der Waals surface area contributed by atoms with Gasteiger partial charge in [-0.05, 0) is 37.8 Å². The molecule has 2 N–H and O–H groups in total. The molecule has 13 heteroatoms. The highest BCUT2D eigenvalue weighted by molar-refractivity contribution is 7.92. The van der Waals surface area contributed by atoms with Gasteiger partial charge < -0.3 is 19.7 Å². The van der Waals surface area contributed by atoms with Gasteiger partial charge in [0.1, 0.15) is 11.9 Å². The van der Waals surface area contributed by atoms with Crippen LogP contribution in [0, 0.1) is 0 Å². The summed E-state index contributed by atoms with van der Waals surface area (Å²) in [4.78, 5) is 31.8. The third-order valence-corrected chi connectivity index (χ3v) is 6.93. The second-order valence-electron chi connectivity index (χ2n) is 9.19. The number of fused-ring (bicyclic) bond motifs is 1. The Hall–Kier alpha value is -3.58. The van der Waals surface area contributed by atoms with E-state index < -0.39 is 10.0 Å². The van der Waals surface area contributed by atoms with Gasteiger partial charge in [-0.15, -0.1) is 0 Å². The summed E-state index contributed by atoms with van der Waals surface area (Å²) < 4.78 is 37.8. The van der Waals surface area contributed by atoms with Gasteiger partial charge in [0.2, 0.25) is 21.7 Å². The van der Waals surface area contributed by atoms with Crippen LogP contribution in [0.2, 0.25) is 0 Å². The average Bonchev–Trinajstić information content (AvgIpc) is 2.90. The van der Waals surface area contributed by atoms with Gasteiger partial charge in [-0.3, -0.25) is 14.5 Å². The summed E-state index contributed by atoms with van der Waals surface area (Å²) in [6.45, 7) is 2.65. The number of morpholine rings is 1. The van der Waals surface area contributed by atoms with Gasteiger partial charge in [0.25, 0.3) is 5.91 Å². The Balaban J connectivity index is 1.33. The minimum Gasteiger partial charge on any atom is -0.474 e. The van der Waals surface area contributed by atoms with Gasteiger partial charge in [-0.1, -0.05) is 0 Å². The van der Waals surface area contributed by atoms with E-state index >= 15 is 0 Å². The highest BCUT2D eigenvalue weighted by Crippen LogP contribution is 2.32. The number of rotatable bonds is 7. The van der Waals surface area contributed by atoms with E-state index in [2.05, 4.69) is 29.9 Å². The zero-order valence-electron chi connectivity index (χ0n) is 20.5. The van der Waals surface area contributed by atoms with E-state index in [0.717, 1.165) is 37.8 Å². The molecule has 1 amide bonds. The molecule has 0 radical (unpaired) electrons. The van der Waals surface area contributed by atoms with E-state index in [1.54, 1.807) is 24.5 Å². The fourth-order valence-electron chi connectivity index (χ4n) is 4.54. The second kappa shape index (κ2) is 10.8. The third-order valence-electron chi connectivity index (χ3n) is 6.33. The van der Waals surface area contributed by atoms with E-state index in [1.165, 1.54) is 6.20 Å². The Morgan fingerprint density at radius 2 is 1.81 bits per heavy atom. The Kier molecular flexibility index (Phi) is 7.33. The first-order valence-corrected chi connectivity index (χ1v) is 14.1. The maximum Gasteiger partial charge on any atom is 0.289 e. The van der Waals surface area contributed by atoms with Crippen LogP contribution in [0.25, 0.3) is 10.9 Å². The molecule has 1 aliphatic heterocycles. The van der Waals surface area contributed by atoms with Crippen LogP contribution < -0.4 is 19.7 Å². The highest BCUT2D eigenvalue weighted by Gasteiger charge is 2.26. The van der Waals surface area contributed by atoms with E-state index in [0.29, 0.717) is 48.8 Å². The maximum absolute atomic E-state index is 12.4. The molecule has 196 valence electrons. The van der Waals surface area contributed by atoms with E-state index in [-0.39, 0.29) is 23.9 Å². The van der Waals surface area contributed by atoms with Crippen LogP contribution in [0.3, 0.4) is 0 Å². The van der Waals surface area contributed by atoms with Crippen molar-refractivity contribution in [3.63, 3.8) is 0 Å². The number of carbonyl (C=O) groups is 1. The highest BCUT2D eigenvalue weighted by atomic mass is 32.2. The zero-order valence-corrected chi connectivity index (χ0v) is 21.3. The van der Waals surface area contributed by atoms with Crippen molar-refractivity contribution in [1.29, 1.82) is 0 Å². The molecule has 5 rings (SSSR count). The molecule has 0 bridgehead atoms. The molecule has 2 fully saturated rings. The first kappa shape index (κ1) is 25.1. The molecule has 4 heterocycles. The number of carbonyl (C=O) groups excluding carboxylic acids is 1. The normalized spacial score (nSPS) is 20.4. The summed E-state index contributed by atoms with van der Waals surface area (Å²) in [6.07, 6.45) is 8.48. The first-order chi connectivity index (χ1) is 17.8. The number of hydrogen-bond donors (Lipinski definition) is 2. The predicted molar refractivity (Wildman–Crippen MR) is 137 cm³/mol. The second-order valence-corrected chi connectivity index (χ2v) is 10.9. The number of nitrogens with one attached hydrogen (secondary N) is 2. The van der Waals surface area contributed by atoms with Crippen molar-refractivity contribution in [3.05, 3.63) is 42.6 Å². The first-order valence-electron chi connectivity index (χ1n) is 12.2. The van der Waals surface area contributed by atoms with E-state index in [9.17, 15) is 13.2 Å². The number of amides is 1. The Morgan fingerprint density at radius 1 is 1.08 bits per heavy atom. The fourth-order valence-corrected chi connectivity index (χ4v) is 5.08.